The fourth-order valence-corrected chi connectivity index (χ4v) is 13.3. The summed E-state index contributed by atoms with van der Waals surface area (Å²) in [7, 11) is 0. The Hall–Kier alpha value is -7.36. The van der Waals surface area contributed by atoms with Gasteiger partial charge in [-0.1, -0.05) is 228 Å². The van der Waals surface area contributed by atoms with Gasteiger partial charge in [-0.2, -0.15) is 0 Å². The number of rotatable bonds is 8. The van der Waals surface area contributed by atoms with Gasteiger partial charge in [-0.25, -0.2) is 0 Å². The highest BCUT2D eigenvalue weighted by atomic mass is 15.2. The van der Waals surface area contributed by atoms with Gasteiger partial charge in [0.15, 0.2) is 0 Å². The second-order valence-electron chi connectivity index (χ2n) is 25.7. The smallest absolute Gasteiger partial charge is 0.252 e. The lowest BCUT2D eigenvalue weighted by atomic mass is 9.33. The van der Waals surface area contributed by atoms with Crippen LogP contribution in [0, 0.1) is 6.92 Å². The van der Waals surface area contributed by atoms with Crippen molar-refractivity contribution in [1.29, 1.82) is 0 Å². The molecule has 12 rings (SSSR count). The molecule has 2 aliphatic heterocycles. The van der Waals surface area contributed by atoms with E-state index in [2.05, 4.69) is 293 Å². The fourth-order valence-electron chi connectivity index (χ4n) is 13.3. The molecule has 378 valence electrons. The number of fused-ring (bicyclic) bond motifs is 5. The van der Waals surface area contributed by atoms with Gasteiger partial charge in [0.05, 0.1) is 5.69 Å². The van der Waals surface area contributed by atoms with Crippen molar-refractivity contribution in [1.82, 2.24) is 0 Å². The van der Waals surface area contributed by atoms with E-state index in [4.69, 9.17) is 0 Å². The maximum absolute atomic E-state index is 2.71. The Morgan fingerprint density at radius 1 is 0.395 bits per heavy atom. The van der Waals surface area contributed by atoms with E-state index in [1.807, 2.05) is 0 Å². The van der Waals surface area contributed by atoms with E-state index in [-0.39, 0.29) is 33.8 Å². The molecule has 0 aromatic heterocycles. The molecule has 0 fully saturated rings. The largest absolute Gasteiger partial charge is 0.311 e. The number of hydrogen-bond acceptors (Lipinski definition) is 2. The number of anilines is 6. The molecule has 0 saturated carbocycles. The Morgan fingerprint density at radius 2 is 0.855 bits per heavy atom. The third-order valence-electron chi connectivity index (χ3n) is 18.1. The molecule has 0 saturated heterocycles. The van der Waals surface area contributed by atoms with Gasteiger partial charge in [-0.3, -0.25) is 0 Å². The average molecular weight is 989 g/mol. The third kappa shape index (κ3) is 8.07. The van der Waals surface area contributed by atoms with Crippen molar-refractivity contribution in [2.24, 2.45) is 0 Å². The molecule has 76 heavy (non-hydrogen) atoms. The minimum Gasteiger partial charge on any atom is -0.311 e. The third-order valence-corrected chi connectivity index (χ3v) is 18.1. The highest BCUT2D eigenvalue weighted by Crippen LogP contribution is 2.53. The van der Waals surface area contributed by atoms with E-state index in [0.29, 0.717) is 0 Å². The maximum atomic E-state index is 2.71. The second kappa shape index (κ2) is 17.9. The van der Waals surface area contributed by atoms with E-state index in [9.17, 15) is 0 Å². The minimum atomic E-state index is -0.249. The summed E-state index contributed by atoms with van der Waals surface area (Å²) >= 11 is 0. The first-order valence-corrected chi connectivity index (χ1v) is 27.8. The van der Waals surface area contributed by atoms with Crippen molar-refractivity contribution in [2.45, 2.75) is 123 Å². The fraction of sp³-hybridized carbons (Fsp3) is 0.260. The predicted octanol–water partition coefficient (Wildman–Crippen LogP) is 17.7. The first-order valence-electron chi connectivity index (χ1n) is 27.8. The van der Waals surface area contributed by atoms with Gasteiger partial charge >= 0.3 is 0 Å². The molecular formula is C73H73BN2. The molecule has 0 spiro atoms. The van der Waals surface area contributed by atoms with E-state index >= 15 is 0 Å². The van der Waals surface area contributed by atoms with Gasteiger partial charge in [0.1, 0.15) is 0 Å². The van der Waals surface area contributed by atoms with Crippen LogP contribution in [-0.2, 0) is 27.1 Å². The molecule has 1 aliphatic carbocycles. The summed E-state index contributed by atoms with van der Waals surface area (Å²) in [5.41, 5.74) is 26.5. The summed E-state index contributed by atoms with van der Waals surface area (Å²) in [5, 5.41) is 0. The first-order chi connectivity index (χ1) is 36.2. The SMILES string of the molecule is Cc1cc2c3c(c1)N(c1cc(-c4ccccc4)c(C(C)(C)C)cc1-c1ccccc1)c1cc4c(cc1B3c1cc(C(C)(C)c3ccccc3)ccc1N2c1ccc(C(C)(C)c2ccccc2)cc1)C(C)(C)CCC4(C)C. The van der Waals surface area contributed by atoms with Crippen LogP contribution in [0.1, 0.15) is 134 Å². The Bertz CT molecular complexity index is 3670. The summed E-state index contributed by atoms with van der Waals surface area (Å²) < 4.78 is 0. The number of hydrogen-bond donors (Lipinski definition) is 0. The lowest BCUT2D eigenvalue weighted by Crippen LogP contribution is -2.62. The van der Waals surface area contributed by atoms with Crippen molar-refractivity contribution in [3.05, 3.63) is 245 Å². The van der Waals surface area contributed by atoms with Gasteiger partial charge < -0.3 is 9.80 Å². The van der Waals surface area contributed by atoms with Crippen molar-refractivity contribution in [3.63, 3.8) is 0 Å². The molecule has 2 heterocycles. The molecule has 9 aromatic rings. The van der Waals surface area contributed by atoms with Crippen molar-refractivity contribution in [3.8, 4) is 22.3 Å². The summed E-state index contributed by atoms with van der Waals surface area (Å²) in [6.45, 7) is 28.8. The van der Waals surface area contributed by atoms with Gasteiger partial charge in [0.25, 0.3) is 6.71 Å². The topological polar surface area (TPSA) is 6.48 Å². The summed E-state index contributed by atoms with van der Waals surface area (Å²) in [5.74, 6) is 0. The highest BCUT2D eigenvalue weighted by molar-refractivity contribution is 7.00. The van der Waals surface area contributed by atoms with E-state index in [1.165, 1.54) is 112 Å². The first kappa shape index (κ1) is 49.5. The molecule has 2 nitrogen and oxygen atoms in total. The molecule has 0 amide bonds. The molecule has 0 unspecified atom stereocenters. The highest BCUT2D eigenvalue weighted by Gasteiger charge is 2.47. The Balaban J connectivity index is 1.20. The normalized spacial score (nSPS) is 15.4. The molecule has 9 aromatic carbocycles. The zero-order valence-electron chi connectivity index (χ0n) is 46.9. The van der Waals surface area contributed by atoms with Crippen LogP contribution in [-0.4, -0.2) is 6.71 Å². The number of aryl methyl sites for hydroxylation is 1. The van der Waals surface area contributed by atoms with Crippen LogP contribution in [0.25, 0.3) is 22.3 Å². The van der Waals surface area contributed by atoms with E-state index in [0.717, 1.165) is 18.5 Å². The van der Waals surface area contributed by atoms with Crippen LogP contribution in [0.15, 0.2) is 200 Å². The average Bonchev–Trinajstić information content (AvgIpc) is 3.54. The Morgan fingerprint density at radius 3 is 1.41 bits per heavy atom. The Kier molecular flexibility index (Phi) is 11.6. The summed E-state index contributed by atoms with van der Waals surface area (Å²) in [6.07, 6.45) is 2.28. The summed E-state index contributed by atoms with van der Waals surface area (Å²) in [6, 6.07) is 76.7. The molecule has 3 aliphatic rings. The lowest BCUT2D eigenvalue weighted by molar-refractivity contribution is 0.332. The van der Waals surface area contributed by atoms with Gasteiger partial charge in [-0.05, 0) is 162 Å². The predicted molar refractivity (Wildman–Crippen MR) is 327 cm³/mol. The van der Waals surface area contributed by atoms with Crippen LogP contribution in [0.2, 0.25) is 0 Å². The maximum Gasteiger partial charge on any atom is 0.252 e. The zero-order chi connectivity index (χ0) is 53.1. The zero-order valence-corrected chi connectivity index (χ0v) is 46.9. The standard InChI is InChI=1S/C73H73BN2/c1-48-41-66-68-67(42-48)76(64-45-56(49-25-17-13-18-26-49)58(69(2,3)4)44-57(64)50-27-19-14-20-28-50)65-47-60-59(70(5,6)39-40-71(60,7)8)46-62(65)74(68)61-43-54(73(11,12)52-31-23-16-24-32-52)35-38-63(61)75(66)55-36-33-53(34-37-55)72(9,10)51-29-21-15-22-30-51/h13-38,41-47H,39-40H2,1-12H3. The van der Waals surface area contributed by atoms with Crippen LogP contribution in [0.3, 0.4) is 0 Å². The van der Waals surface area contributed by atoms with Crippen LogP contribution in [0.4, 0.5) is 34.1 Å². The van der Waals surface area contributed by atoms with Crippen LogP contribution in [0.5, 0.6) is 0 Å². The number of nitrogens with zero attached hydrogens (tertiary/aromatic N) is 2. The molecule has 0 N–H and O–H groups in total. The van der Waals surface area contributed by atoms with Gasteiger partial charge in [0.2, 0.25) is 0 Å². The minimum absolute atomic E-state index is 0.00108. The van der Waals surface area contributed by atoms with E-state index in [1.54, 1.807) is 0 Å². The second-order valence-corrected chi connectivity index (χ2v) is 25.7. The monoisotopic (exact) mass is 989 g/mol. The van der Waals surface area contributed by atoms with Crippen LogP contribution >= 0.6 is 0 Å². The van der Waals surface area contributed by atoms with Crippen molar-refractivity contribution < 1.29 is 0 Å². The van der Waals surface area contributed by atoms with Crippen molar-refractivity contribution in [2.75, 3.05) is 9.80 Å². The van der Waals surface area contributed by atoms with Crippen molar-refractivity contribution >= 4 is 57.2 Å². The van der Waals surface area contributed by atoms with Crippen LogP contribution < -0.4 is 26.2 Å². The van der Waals surface area contributed by atoms with Gasteiger partial charge in [-0.15, -0.1) is 0 Å². The quantitative estimate of drug-likeness (QED) is 0.140. The lowest BCUT2D eigenvalue weighted by Gasteiger charge is -2.48. The van der Waals surface area contributed by atoms with Gasteiger partial charge in [0, 0.05) is 44.8 Å². The molecule has 0 bridgehead atoms. The molecule has 0 radical (unpaired) electrons. The summed E-state index contributed by atoms with van der Waals surface area (Å²) in [4.78, 5) is 5.31. The molecule has 3 heteroatoms. The van der Waals surface area contributed by atoms with E-state index < -0.39 is 0 Å². The molecular weight excluding hydrogens is 916 g/mol. The molecule has 0 atom stereocenters. The Labute approximate surface area is 454 Å². The number of benzene rings is 9.